The van der Waals surface area contributed by atoms with Crippen LogP contribution in [0.15, 0.2) is 41.6 Å². The van der Waals surface area contributed by atoms with Gasteiger partial charge in [0.15, 0.2) is 5.16 Å². The summed E-state index contributed by atoms with van der Waals surface area (Å²) in [6.45, 7) is 3.89. The summed E-state index contributed by atoms with van der Waals surface area (Å²) >= 11 is 1.16. The van der Waals surface area contributed by atoms with Gasteiger partial charge >= 0.3 is 0 Å². The molecule has 0 aliphatic carbocycles. The SMILES string of the molecule is Cc1ccc(-n2nc(C)cc2NC(=O)CSc2nc(N)cc(N)n2)cc1. The number of anilines is 3. The molecule has 8 nitrogen and oxygen atoms in total. The number of nitrogens with zero attached hydrogens (tertiary/aromatic N) is 4. The summed E-state index contributed by atoms with van der Waals surface area (Å²) in [6.07, 6.45) is 0. The number of benzene rings is 1. The Morgan fingerprint density at radius 1 is 1.12 bits per heavy atom. The highest BCUT2D eigenvalue weighted by Crippen LogP contribution is 2.20. The molecule has 1 amide bonds. The lowest BCUT2D eigenvalue weighted by Crippen LogP contribution is -2.17. The number of aryl methyl sites for hydroxylation is 2. The van der Waals surface area contributed by atoms with Crippen LogP contribution in [0.4, 0.5) is 17.5 Å². The van der Waals surface area contributed by atoms with Crippen LogP contribution in [0.5, 0.6) is 0 Å². The molecule has 0 saturated heterocycles. The fourth-order valence-corrected chi connectivity index (χ4v) is 2.98. The summed E-state index contributed by atoms with van der Waals surface area (Å²) in [4.78, 5) is 20.4. The number of aromatic nitrogens is 4. The summed E-state index contributed by atoms with van der Waals surface area (Å²) in [5, 5.41) is 7.67. The molecule has 26 heavy (non-hydrogen) atoms. The van der Waals surface area contributed by atoms with Gasteiger partial charge in [-0.2, -0.15) is 5.10 Å². The molecule has 0 aliphatic rings. The Bertz CT molecular complexity index is 917. The third kappa shape index (κ3) is 4.31. The van der Waals surface area contributed by atoms with E-state index >= 15 is 0 Å². The fraction of sp³-hybridized carbons (Fsp3) is 0.176. The van der Waals surface area contributed by atoms with Crippen molar-refractivity contribution in [1.29, 1.82) is 0 Å². The molecule has 3 aromatic rings. The van der Waals surface area contributed by atoms with Crippen molar-refractivity contribution >= 4 is 35.1 Å². The predicted octanol–water partition coefficient (Wildman–Crippen LogP) is 2.17. The molecule has 0 atom stereocenters. The van der Waals surface area contributed by atoms with Gasteiger partial charge in [-0.3, -0.25) is 4.79 Å². The van der Waals surface area contributed by atoms with Crippen LogP contribution in [0, 0.1) is 13.8 Å². The summed E-state index contributed by atoms with van der Waals surface area (Å²) < 4.78 is 1.70. The van der Waals surface area contributed by atoms with E-state index in [-0.39, 0.29) is 23.3 Å². The van der Waals surface area contributed by atoms with Gasteiger partial charge in [0.25, 0.3) is 0 Å². The highest BCUT2D eigenvalue weighted by Gasteiger charge is 2.12. The Labute approximate surface area is 155 Å². The van der Waals surface area contributed by atoms with E-state index in [1.807, 2.05) is 44.2 Å². The van der Waals surface area contributed by atoms with E-state index in [4.69, 9.17) is 11.5 Å². The van der Waals surface area contributed by atoms with E-state index in [9.17, 15) is 4.79 Å². The van der Waals surface area contributed by atoms with Crippen molar-refractivity contribution in [3.63, 3.8) is 0 Å². The van der Waals surface area contributed by atoms with Gasteiger partial charge in [0.05, 0.1) is 17.1 Å². The molecule has 2 heterocycles. The average Bonchev–Trinajstić information content (AvgIpc) is 2.93. The molecule has 0 fully saturated rings. The van der Waals surface area contributed by atoms with Crippen molar-refractivity contribution < 1.29 is 4.79 Å². The minimum Gasteiger partial charge on any atom is -0.383 e. The Hall–Kier alpha value is -3.07. The highest BCUT2D eigenvalue weighted by molar-refractivity contribution is 7.99. The number of nitrogen functional groups attached to an aromatic ring is 2. The summed E-state index contributed by atoms with van der Waals surface area (Å²) in [7, 11) is 0. The second kappa shape index (κ2) is 7.44. The van der Waals surface area contributed by atoms with E-state index in [2.05, 4.69) is 20.4 Å². The highest BCUT2D eigenvalue weighted by atomic mass is 32.2. The first-order valence-electron chi connectivity index (χ1n) is 7.87. The lowest BCUT2D eigenvalue weighted by molar-refractivity contribution is -0.113. The van der Waals surface area contributed by atoms with Crippen LogP contribution in [0.25, 0.3) is 5.69 Å². The lowest BCUT2D eigenvalue weighted by atomic mass is 10.2. The molecule has 0 radical (unpaired) electrons. The van der Waals surface area contributed by atoms with Crippen molar-refractivity contribution in [1.82, 2.24) is 19.7 Å². The molecule has 134 valence electrons. The maximum atomic E-state index is 12.3. The maximum absolute atomic E-state index is 12.3. The number of hydrogen-bond donors (Lipinski definition) is 3. The quantitative estimate of drug-likeness (QED) is 0.465. The van der Waals surface area contributed by atoms with Crippen molar-refractivity contribution in [2.75, 3.05) is 22.5 Å². The van der Waals surface area contributed by atoms with Crippen LogP contribution >= 0.6 is 11.8 Å². The number of carbonyl (C=O) groups is 1. The van der Waals surface area contributed by atoms with Gasteiger partial charge in [0, 0.05) is 12.1 Å². The Kier molecular flexibility index (Phi) is 5.08. The topological polar surface area (TPSA) is 125 Å². The van der Waals surface area contributed by atoms with Crippen molar-refractivity contribution in [3.8, 4) is 5.69 Å². The summed E-state index contributed by atoms with van der Waals surface area (Å²) in [5.41, 5.74) is 14.1. The first-order chi connectivity index (χ1) is 12.4. The van der Waals surface area contributed by atoms with Gasteiger partial charge in [-0.05, 0) is 26.0 Å². The van der Waals surface area contributed by atoms with Gasteiger partial charge in [-0.25, -0.2) is 14.6 Å². The number of nitrogens with two attached hydrogens (primary N) is 2. The monoisotopic (exact) mass is 369 g/mol. The van der Waals surface area contributed by atoms with Crippen LogP contribution in [0.1, 0.15) is 11.3 Å². The minimum absolute atomic E-state index is 0.126. The Balaban J connectivity index is 1.70. The normalized spacial score (nSPS) is 10.7. The number of nitrogens with one attached hydrogen (secondary N) is 1. The number of carbonyl (C=O) groups excluding carboxylic acids is 1. The molecule has 0 saturated carbocycles. The van der Waals surface area contributed by atoms with Crippen molar-refractivity contribution in [2.24, 2.45) is 0 Å². The number of rotatable bonds is 5. The zero-order chi connectivity index (χ0) is 18.7. The van der Waals surface area contributed by atoms with Gasteiger partial charge in [0.2, 0.25) is 5.91 Å². The number of amides is 1. The smallest absolute Gasteiger partial charge is 0.236 e. The van der Waals surface area contributed by atoms with Crippen LogP contribution in [0.2, 0.25) is 0 Å². The zero-order valence-electron chi connectivity index (χ0n) is 14.4. The van der Waals surface area contributed by atoms with Gasteiger partial charge in [-0.1, -0.05) is 29.5 Å². The molecular formula is C17H19N7OS. The molecule has 1 aromatic carbocycles. The molecule has 0 unspecified atom stereocenters. The van der Waals surface area contributed by atoms with Crippen LogP contribution in [0.3, 0.4) is 0 Å². The van der Waals surface area contributed by atoms with Gasteiger partial charge < -0.3 is 16.8 Å². The molecule has 2 aromatic heterocycles. The minimum atomic E-state index is -0.201. The second-order valence-corrected chi connectivity index (χ2v) is 6.70. The molecule has 3 rings (SSSR count). The number of thioether (sulfide) groups is 1. The molecule has 0 spiro atoms. The first kappa shape index (κ1) is 17.7. The van der Waals surface area contributed by atoms with Crippen LogP contribution in [-0.2, 0) is 4.79 Å². The Morgan fingerprint density at radius 3 is 2.42 bits per heavy atom. The van der Waals surface area contributed by atoms with Gasteiger partial charge in [0.1, 0.15) is 17.5 Å². The van der Waals surface area contributed by atoms with E-state index in [1.165, 1.54) is 6.07 Å². The van der Waals surface area contributed by atoms with Crippen LogP contribution in [-0.4, -0.2) is 31.4 Å². The molecule has 0 aliphatic heterocycles. The van der Waals surface area contributed by atoms with E-state index in [1.54, 1.807) is 4.68 Å². The molecule has 0 bridgehead atoms. The zero-order valence-corrected chi connectivity index (χ0v) is 15.2. The third-order valence-electron chi connectivity index (χ3n) is 3.46. The fourth-order valence-electron chi connectivity index (χ4n) is 2.31. The predicted molar refractivity (Wildman–Crippen MR) is 103 cm³/mol. The van der Waals surface area contributed by atoms with E-state index in [0.717, 1.165) is 28.7 Å². The van der Waals surface area contributed by atoms with Crippen LogP contribution < -0.4 is 16.8 Å². The average molecular weight is 369 g/mol. The molecule has 5 N–H and O–H groups in total. The first-order valence-corrected chi connectivity index (χ1v) is 8.85. The van der Waals surface area contributed by atoms with E-state index < -0.39 is 0 Å². The largest absolute Gasteiger partial charge is 0.383 e. The summed E-state index contributed by atoms with van der Waals surface area (Å²) in [6, 6.07) is 11.2. The lowest BCUT2D eigenvalue weighted by Gasteiger charge is -2.09. The molecule has 9 heteroatoms. The van der Waals surface area contributed by atoms with E-state index in [0.29, 0.717) is 11.0 Å². The number of hydrogen-bond acceptors (Lipinski definition) is 7. The summed E-state index contributed by atoms with van der Waals surface area (Å²) in [5.74, 6) is 1.07. The molecular weight excluding hydrogens is 350 g/mol. The Morgan fingerprint density at radius 2 is 1.77 bits per heavy atom. The van der Waals surface area contributed by atoms with Gasteiger partial charge in [-0.15, -0.1) is 0 Å². The second-order valence-electron chi connectivity index (χ2n) is 5.76. The van der Waals surface area contributed by atoms with Crippen molar-refractivity contribution in [3.05, 3.63) is 47.7 Å². The standard InChI is InChI=1S/C17H19N7OS/c1-10-3-5-12(6-4-10)24-15(7-11(2)23-24)22-16(25)9-26-17-20-13(18)8-14(19)21-17/h3-8H,9H2,1-2H3,(H,22,25)(H4,18,19,20,21). The third-order valence-corrected chi connectivity index (χ3v) is 4.30. The van der Waals surface area contributed by atoms with Crippen molar-refractivity contribution in [2.45, 2.75) is 19.0 Å². The maximum Gasteiger partial charge on any atom is 0.236 e.